The number of hydrogen-bond donors (Lipinski definition) is 0. The number of fused-ring (bicyclic) bond motifs is 8. The highest BCUT2D eigenvalue weighted by atomic mass is 16.3. The van der Waals surface area contributed by atoms with Crippen LogP contribution in [0.3, 0.4) is 0 Å². The Bertz CT molecular complexity index is 2320. The van der Waals surface area contributed by atoms with Crippen molar-refractivity contribution >= 4 is 22.1 Å². The van der Waals surface area contributed by atoms with Gasteiger partial charge in [-0.3, -0.25) is 0 Å². The van der Waals surface area contributed by atoms with Crippen LogP contribution in [0.25, 0.3) is 67.0 Å². The van der Waals surface area contributed by atoms with Crippen molar-refractivity contribution in [1.29, 1.82) is 5.26 Å². The number of furan rings is 1. The number of benzene rings is 5. The minimum absolute atomic E-state index is 0.00649. The largest absolute Gasteiger partial charge is 0.452 e. The molecule has 0 N–H and O–H groups in total. The summed E-state index contributed by atoms with van der Waals surface area (Å²) >= 11 is 0. The lowest BCUT2D eigenvalue weighted by molar-refractivity contribution is 0.353. The number of rotatable bonds is 3. The summed E-state index contributed by atoms with van der Waals surface area (Å²) in [6.07, 6.45) is 5.98. The number of para-hydroxylation sites is 1. The summed E-state index contributed by atoms with van der Waals surface area (Å²) in [7, 11) is 0. The molecule has 9 rings (SSSR count). The first-order valence-corrected chi connectivity index (χ1v) is 15.8. The van der Waals surface area contributed by atoms with Crippen LogP contribution in [0, 0.1) is 11.3 Å². The molecule has 0 saturated heterocycles. The van der Waals surface area contributed by atoms with Gasteiger partial charge in [-0.05, 0) is 76.6 Å². The molecule has 2 heterocycles. The van der Waals surface area contributed by atoms with E-state index in [4.69, 9.17) is 14.4 Å². The topological polar surface area (TPSA) is 62.7 Å². The van der Waals surface area contributed by atoms with Crippen molar-refractivity contribution in [3.8, 4) is 51.0 Å². The van der Waals surface area contributed by atoms with Crippen molar-refractivity contribution in [3.63, 3.8) is 0 Å². The highest BCUT2D eigenvalue weighted by molar-refractivity contribution is 6.07. The van der Waals surface area contributed by atoms with E-state index < -0.39 is 0 Å². The van der Waals surface area contributed by atoms with E-state index in [9.17, 15) is 5.26 Å². The van der Waals surface area contributed by atoms with E-state index in [-0.39, 0.29) is 5.41 Å². The van der Waals surface area contributed by atoms with E-state index in [1.165, 1.54) is 41.5 Å². The zero-order valence-corrected chi connectivity index (χ0v) is 24.8. The summed E-state index contributed by atoms with van der Waals surface area (Å²) in [4.78, 5) is 10.4. The zero-order valence-electron chi connectivity index (χ0n) is 24.8. The molecule has 0 atom stereocenters. The van der Waals surface area contributed by atoms with Crippen LogP contribution < -0.4 is 0 Å². The van der Waals surface area contributed by atoms with Crippen LogP contribution >= 0.6 is 0 Å². The molecule has 4 heteroatoms. The van der Waals surface area contributed by atoms with Crippen molar-refractivity contribution < 1.29 is 4.42 Å². The van der Waals surface area contributed by atoms with E-state index in [0.717, 1.165) is 62.8 Å². The molecule has 0 radical (unpaired) electrons. The second-order valence-corrected chi connectivity index (χ2v) is 12.4. The molecular formula is C41H29N3O. The van der Waals surface area contributed by atoms with Crippen LogP contribution in [0.4, 0.5) is 0 Å². The standard InChI is InChI=1S/C41H29N3O/c42-25-26-17-20-34-33(23-26)30-19-18-28(24-35(30)41(34)21-9-2-10-22-41)29-13-5-6-14-31(29)40-43-37(27-11-3-1-4-12-27)39-38(44-40)32-15-7-8-16-36(32)45-39/h1,3-8,11-20,23-24H,2,9-10,21-22H2. The third-order valence-corrected chi connectivity index (χ3v) is 9.94. The summed E-state index contributed by atoms with van der Waals surface area (Å²) < 4.78 is 6.36. The molecule has 7 aromatic rings. The van der Waals surface area contributed by atoms with Gasteiger partial charge < -0.3 is 4.42 Å². The number of nitriles is 1. The number of hydrogen-bond acceptors (Lipinski definition) is 4. The first-order valence-electron chi connectivity index (χ1n) is 15.8. The molecule has 1 saturated carbocycles. The fourth-order valence-electron chi connectivity index (χ4n) is 7.87. The van der Waals surface area contributed by atoms with Crippen molar-refractivity contribution in [2.75, 3.05) is 0 Å². The Kier molecular flexibility index (Phi) is 5.76. The lowest BCUT2D eigenvalue weighted by Gasteiger charge is -2.36. The van der Waals surface area contributed by atoms with Gasteiger partial charge in [-0.1, -0.05) is 104 Å². The minimum Gasteiger partial charge on any atom is -0.452 e. The summed E-state index contributed by atoms with van der Waals surface area (Å²) in [5, 5.41) is 10.7. The van der Waals surface area contributed by atoms with Gasteiger partial charge in [0.2, 0.25) is 0 Å². The number of aromatic nitrogens is 2. The smallest absolute Gasteiger partial charge is 0.180 e. The molecule has 2 aliphatic rings. The predicted octanol–water partition coefficient (Wildman–Crippen LogP) is 10.5. The first kappa shape index (κ1) is 25.9. The normalized spacial score (nSPS) is 14.8. The molecule has 45 heavy (non-hydrogen) atoms. The second-order valence-electron chi connectivity index (χ2n) is 12.4. The van der Waals surface area contributed by atoms with Gasteiger partial charge in [0.15, 0.2) is 11.4 Å². The molecule has 5 aromatic carbocycles. The zero-order chi connectivity index (χ0) is 30.0. The maximum atomic E-state index is 9.69. The molecule has 4 nitrogen and oxygen atoms in total. The molecule has 0 aliphatic heterocycles. The van der Waals surface area contributed by atoms with Crippen LogP contribution in [-0.2, 0) is 5.41 Å². The molecule has 0 amide bonds. The Balaban J connectivity index is 1.26. The molecule has 0 unspecified atom stereocenters. The third-order valence-electron chi connectivity index (χ3n) is 9.94. The van der Waals surface area contributed by atoms with Gasteiger partial charge in [0.1, 0.15) is 16.8 Å². The van der Waals surface area contributed by atoms with E-state index in [1.54, 1.807) is 0 Å². The minimum atomic E-state index is -0.00649. The Morgan fingerprint density at radius 3 is 2.24 bits per heavy atom. The van der Waals surface area contributed by atoms with E-state index in [0.29, 0.717) is 11.4 Å². The summed E-state index contributed by atoms with van der Waals surface area (Å²) in [5.74, 6) is 0.679. The maximum absolute atomic E-state index is 9.69. The first-order chi connectivity index (χ1) is 22.2. The summed E-state index contributed by atoms with van der Waals surface area (Å²) in [6.45, 7) is 0. The molecule has 1 spiro atoms. The Hall–Kier alpha value is -5.53. The SMILES string of the molecule is N#Cc1ccc2c(c1)-c1ccc(-c3ccccc3-c3nc(-c4ccccc4)c4oc5ccccc5c4n3)cc1C21CCCCC1. The molecule has 214 valence electrons. The van der Waals surface area contributed by atoms with Gasteiger partial charge >= 0.3 is 0 Å². The van der Waals surface area contributed by atoms with Crippen LogP contribution in [0.1, 0.15) is 48.8 Å². The molecule has 0 bridgehead atoms. The molecule has 2 aromatic heterocycles. The van der Waals surface area contributed by atoms with Crippen molar-refractivity contribution in [1.82, 2.24) is 9.97 Å². The summed E-state index contributed by atoms with van der Waals surface area (Å²) in [6, 6.07) is 42.4. The van der Waals surface area contributed by atoms with Crippen LogP contribution in [0.15, 0.2) is 120 Å². The lowest BCUT2D eigenvalue weighted by atomic mass is 9.67. The monoisotopic (exact) mass is 579 g/mol. The van der Waals surface area contributed by atoms with Gasteiger partial charge in [0.25, 0.3) is 0 Å². The van der Waals surface area contributed by atoms with Gasteiger partial charge in [-0.15, -0.1) is 0 Å². The van der Waals surface area contributed by atoms with Crippen molar-refractivity contribution in [3.05, 3.63) is 132 Å². The molecule has 1 fully saturated rings. The quantitative estimate of drug-likeness (QED) is 0.209. The van der Waals surface area contributed by atoms with Gasteiger partial charge in [0, 0.05) is 21.9 Å². The van der Waals surface area contributed by atoms with Crippen LogP contribution in [-0.4, -0.2) is 9.97 Å². The highest BCUT2D eigenvalue weighted by Gasteiger charge is 2.44. The Morgan fingerprint density at radius 2 is 1.40 bits per heavy atom. The predicted molar refractivity (Wildman–Crippen MR) is 180 cm³/mol. The third kappa shape index (κ3) is 3.90. The lowest BCUT2D eigenvalue weighted by Crippen LogP contribution is -2.28. The highest BCUT2D eigenvalue weighted by Crippen LogP contribution is 2.56. The average Bonchev–Trinajstić information content (AvgIpc) is 3.61. The van der Waals surface area contributed by atoms with Crippen molar-refractivity contribution in [2.45, 2.75) is 37.5 Å². The Morgan fingerprint density at radius 1 is 0.622 bits per heavy atom. The van der Waals surface area contributed by atoms with Gasteiger partial charge in [-0.2, -0.15) is 5.26 Å². The van der Waals surface area contributed by atoms with Crippen LogP contribution in [0.5, 0.6) is 0 Å². The fourth-order valence-corrected chi connectivity index (χ4v) is 7.87. The second kappa shape index (κ2) is 10.0. The van der Waals surface area contributed by atoms with Crippen molar-refractivity contribution in [2.24, 2.45) is 0 Å². The maximum Gasteiger partial charge on any atom is 0.180 e. The van der Waals surface area contributed by atoms with E-state index in [1.807, 2.05) is 42.5 Å². The number of nitrogens with zero attached hydrogens (tertiary/aromatic N) is 3. The van der Waals surface area contributed by atoms with Gasteiger partial charge in [-0.25, -0.2) is 9.97 Å². The van der Waals surface area contributed by atoms with Crippen LogP contribution in [0.2, 0.25) is 0 Å². The Labute approximate surface area is 261 Å². The molecule has 2 aliphatic carbocycles. The fraction of sp³-hybridized carbons (Fsp3) is 0.146. The van der Waals surface area contributed by atoms with E-state index in [2.05, 4.69) is 78.9 Å². The molecular weight excluding hydrogens is 550 g/mol. The van der Waals surface area contributed by atoms with E-state index >= 15 is 0 Å². The summed E-state index contributed by atoms with van der Waals surface area (Å²) in [5.41, 5.74) is 13.3. The average molecular weight is 580 g/mol. The van der Waals surface area contributed by atoms with Gasteiger partial charge in [0.05, 0.1) is 11.6 Å².